The normalized spacial score (nSPS) is 10.2. The lowest BCUT2D eigenvalue weighted by Gasteiger charge is -1.97. The summed E-state index contributed by atoms with van der Waals surface area (Å²) in [6.45, 7) is 3.89. The molecule has 6 heteroatoms. The summed E-state index contributed by atoms with van der Waals surface area (Å²) in [5.74, 6) is 2.40. The van der Waals surface area contributed by atoms with Gasteiger partial charge in [0.2, 0.25) is 5.82 Å². The first-order valence-electron chi connectivity index (χ1n) is 5.04. The van der Waals surface area contributed by atoms with Crippen LogP contribution in [0, 0.1) is 26.2 Å². The summed E-state index contributed by atoms with van der Waals surface area (Å²) in [5.41, 5.74) is 1.70. The maximum absolute atomic E-state index is 11.6. The third-order valence-corrected chi connectivity index (χ3v) is 2.17. The second-order valence-corrected chi connectivity index (χ2v) is 3.57. The van der Waals surface area contributed by atoms with Crippen molar-refractivity contribution >= 4 is 11.7 Å². The molecule has 17 heavy (non-hydrogen) atoms. The van der Waals surface area contributed by atoms with Gasteiger partial charge in [-0.05, 0) is 19.9 Å². The van der Waals surface area contributed by atoms with Crippen LogP contribution in [0.5, 0.6) is 0 Å². The molecule has 0 saturated carbocycles. The maximum Gasteiger partial charge on any atom is 0.291 e. The molecule has 2 heterocycles. The molecule has 2 aromatic heterocycles. The van der Waals surface area contributed by atoms with Crippen molar-refractivity contribution in [2.45, 2.75) is 13.8 Å². The van der Waals surface area contributed by atoms with Crippen LogP contribution in [-0.2, 0) is 0 Å². The second kappa shape index (κ2) is 4.22. The topological polar surface area (TPSA) is 72.2 Å². The van der Waals surface area contributed by atoms with E-state index in [0.29, 0.717) is 5.78 Å². The van der Waals surface area contributed by atoms with Crippen molar-refractivity contribution in [3.63, 3.8) is 0 Å². The highest BCUT2D eigenvalue weighted by Gasteiger charge is 2.13. The Labute approximate surface area is 98.1 Å². The monoisotopic (exact) mass is 229 g/mol. The van der Waals surface area contributed by atoms with Gasteiger partial charge in [-0.25, -0.2) is 9.50 Å². The smallest absolute Gasteiger partial charge is 0.291 e. The minimum Gasteiger partial charge on any atom is -0.338 e. The van der Waals surface area contributed by atoms with Crippen molar-refractivity contribution in [2.75, 3.05) is 6.54 Å². The zero-order chi connectivity index (χ0) is 12.4. The van der Waals surface area contributed by atoms with Gasteiger partial charge >= 0.3 is 0 Å². The summed E-state index contributed by atoms with van der Waals surface area (Å²) >= 11 is 0. The first kappa shape index (κ1) is 11.1. The summed E-state index contributed by atoms with van der Waals surface area (Å²) in [6, 6.07) is 1.87. The molecule has 0 saturated heterocycles. The number of carbonyl (C=O) groups is 1. The van der Waals surface area contributed by atoms with Gasteiger partial charge in [-0.1, -0.05) is 5.92 Å². The summed E-state index contributed by atoms with van der Waals surface area (Å²) in [6.07, 6.45) is 5.05. The number of carbonyl (C=O) groups excluding carboxylic acids is 1. The van der Waals surface area contributed by atoms with E-state index in [-0.39, 0.29) is 12.4 Å². The molecule has 0 aromatic carbocycles. The second-order valence-electron chi connectivity index (χ2n) is 3.57. The minimum atomic E-state index is -0.398. The molecule has 2 aromatic rings. The lowest BCUT2D eigenvalue weighted by molar-refractivity contribution is 0.0948. The van der Waals surface area contributed by atoms with Gasteiger partial charge in [-0.15, -0.1) is 11.5 Å². The van der Waals surface area contributed by atoms with E-state index in [9.17, 15) is 4.79 Å². The summed E-state index contributed by atoms with van der Waals surface area (Å²) in [7, 11) is 0. The Morgan fingerprint density at radius 1 is 1.53 bits per heavy atom. The first-order chi connectivity index (χ1) is 8.11. The Bertz CT molecular complexity index is 623. The molecule has 0 bridgehead atoms. The number of amides is 1. The lowest BCUT2D eigenvalue weighted by Crippen LogP contribution is -2.24. The largest absolute Gasteiger partial charge is 0.338 e. The van der Waals surface area contributed by atoms with Gasteiger partial charge in [0.25, 0.3) is 11.7 Å². The van der Waals surface area contributed by atoms with Gasteiger partial charge in [0.1, 0.15) is 0 Å². The number of fused-ring (bicyclic) bond motifs is 1. The average molecular weight is 229 g/mol. The van der Waals surface area contributed by atoms with Gasteiger partial charge in [0.05, 0.1) is 6.54 Å². The van der Waals surface area contributed by atoms with E-state index in [1.807, 2.05) is 19.9 Å². The predicted molar refractivity (Wildman–Crippen MR) is 61.4 cm³/mol. The van der Waals surface area contributed by atoms with Crippen LogP contribution in [0.4, 0.5) is 0 Å². The van der Waals surface area contributed by atoms with Gasteiger partial charge < -0.3 is 5.32 Å². The van der Waals surface area contributed by atoms with E-state index in [1.54, 1.807) is 0 Å². The Kier molecular flexibility index (Phi) is 2.75. The van der Waals surface area contributed by atoms with Crippen LogP contribution in [0.3, 0.4) is 0 Å². The molecule has 0 atom stereocenters. The van der Waals surface area contributed by atoms with Crippen LogP contribution in [0.15, 0.2) is 6.07 Å². The molecule has 6 nitrogen and oxygen atoms in total. The van der Waals surface area contributed by atoms with E-state index < -0.39 is 5.91 Å². The van der Waals surface area contributed by atoms with E-state index in [2.05, 4.69) is 26.3 Å². The van der Waals surface area contributed by atoms with Crippen LogP contribution in [0.1, 0.15) is 22.0 Å². The fourth-order valence-corrected chi connectivity index (χ4v) is 1.47. The number of nitrogens with zero attached hydrogens (tertiary/aromatic N) is 4. The summed E-state index contributed by atoms with van der Waals surface area (Å²) in [4.78, 5) is 19.8. The number of aromatic nitrogens is 4. The first-order valence-corrected chi connectivity index (χ1v) is 5.04. The van der Waals surface area contributed by atoms with E-state index in [1.165, 1.54) is 4.52 Å². The van der Waals surface area contributed by atoms with Crippen molar-refractivity contribution in [2.24, 2.45) is 0 Å². The number of aryl methyl sites for hydroxylation is 2. The third-order valence-electron chi connectivity index (χ3n) is 2.17. The average Bonchev–Trinajstić information content (AvgIpc) is 2.69. The summed E-state index contributed by atoms with van der Waals surface area (Å²) < 4.78 is 1.53. The molecule has 0 aliphatic rings. The van der Waals surface area contributed by atoms with Crippen molar-refractivity contribution in [1.82, 2.24) is 24.9 Å². The van der Waals surface area contributed by atoms with E-state index in [4.69, 9.17) is 6.42 Å². The molecule has 1 amide bonds. The van der Waals surface area contributed by atoms with Gasteiger partial charge in [0.15, 0.2) is 0 Å². The standard InChI is InChI=1S/C11H11N5O/c1-4-5-12-10(17)9-14-11-13-7(2)6-8(3)16(11)15-9/h1,6H,5H2,2-3H3,(H,12,17). The third kappa shape index (κ3) is 2.08. The number of hydrogen-bond donors (Lipinski definition) is 1. The van der Waals surface area contributed by atoms with Gasteiger partial charge in [-0.3, -0.25) is 4.79 Å². The van der Waals surface area contributed by atoms with Gasteiger partial charge in [-0.2, -0.15) is 4.98 Å². The lowest BCUT2D eigenvalue weighted by atomic mass is 10.4. The number of rotatable bonds is 2. The molecule has 1 N–H and O–H groups in total. The molecule has 86 valence electrons. The zero-order valence-corrected chi connectivity index (χ0v) is 9.56. The number of terminal acetylenes is 1. The van der Waals surface area contributed by atoms with Crippen molar-refractivity contribution in [3.05, 3.63) is 23.3 Å². The number of hydrogen-bond acceptors (Lipinski definition) is 4. The van der Waals surface area contributed by atoms with Crippen LogP contribution in [-0.4, -0.2) is 32.0 Å². The minimum absolute atomic E-state index is 0.0708. The Hall–Kier alpha value is -2.42. The Morgan fingerprint density at radius 2 is 2.29 bits per heavy atom. The van der Waals surface area contributed by atoms with Crippen LogP contribution in [0.2, 0.25) is 0 Å². The summed E-state index contributed by atoms with van der Waals surface area (Å²) in [5, 5.41) is 6.57. The van der Waals surface area contributed by atoms with Gasteiger partial charge in [0, 0.05) is 11.4 Å². The molecule has 0 radical (unpaired) electrons. The molecule has 0 spiro atoms. The maximum atomic E-state index is 11.6. The van der Waals surface area contributed by atoms with Crippen LogP contribution < -0.4 is 5.32 Å². The molecule has 0 unspecified atom stereocenters. The number of nitrogens with one attached hydrogen (secondary N) is 1. The highest BCUT2D eigenvalue weighted by Crippen LogP contribution is 2.05. The quantitative estimate of drug-likeness (QED) is 0.741. The fourth-order valence-electron chi connectivity index (χ4n) is 1.47. The molecular weight excluding hydrogens is 218 g/mol. The molecule has 0 fully saturated rings. The van der Waals surface area contributed by atoms with Crippen molar-refractivity contribution < 1.29 is 4.79 Å². The van der Waals surface area contributed by atoms with Crippen molar-refractivity contribution in [3.8, 4) is 12.3 Å². The highest BCUT2D eigenvalue weighted by molar-refractivity contribution is 5.90. The molecule has 0 aliphatic heterocycles. The van der Waals surface area contributed by atoms with Crippen LogP contribution in [0.25, 0.3) is 5.78 Å². The highest BCUT2D eigenvalue weighted by atomic mass is 16.2. The fraction of sp³-hybridized carbons (Fsp3) is 0.273. The SMILES string of the molecule is C#CCNC(=O)c1nc2nc(C)cc(C)n2n1. The Balaban J connectivity index is 2.42. The van der Waals surface area contributed by atoms with Crippen LogP contribution >= 0.6 is 0 Å². The molecule has 0 aliphatic carbocycles. The van der Waals surface area contributed by atoms with E-state index >= 15 is 0 Å². The molecular formula is C11H11N5O. The molecule has 2 rings (SSSR count). The Morgan fingerprint density at radius 3 is 3.00 bits per heavy atom. The zero-order valence-electron chi connectivity index (χ0n) is 9.56. The predicted octanol–water partition coefficient (Wildman–Crippen LogP) is 0.104. The van der Waals surface area contributed by atoms with Crippen molar-refractivity contribution in [1.29, 1.82) is 0 Å². The van der Waals surface area contributed by atoms with E-state index in [0.717, 1.165) is 11.4 Å².